The number of aliphatic imine (C=N–C) groups is 1. The molecule has 1 aliphatic heterocycles. The van der Waals surface area contributed by atoms with Gasteiger partial charge in [-0.2, -0.15) is 0 Å². The number of piperidine rings is 1. The summed E-state index contributed by atoms with van der Waals surface area (Å²) < 4.78 is 0. The fourth-order valence-electron chi connectivity index (χ4n) is 2.45. The van der Waals surface area contributed by atoms with Crippen LogP contribution >= 0.6 is 12.2 Å². The zero-order valence-corrected chi connectivity index (χ0v) is 10.8. The number of hydrogen-bond donors (Lipinski definition) is 0. The molecule has 1 heterocycles. The summed E-state index contributed by atoms with van der Waals surface area (Å²) in [5.41, 5.74) is 1.39. The fourth-order valence-corrected chi connectivity index (χ4v) is 2.53. The lowest BCUT2D eigenvalue weighted by Gasteiger charge is -2.31. The predicted molar refractivity (Wildman–Crippen MR) is 74.3 cm³/mol. The Hall–Kier alpha value is -1.02. The number of hydrogen-bond acceptors (Lipinski definition) is 3. The van der Waals surface area contributed by atoms with Gasteiger partial charge in [-0.1, -0.05) is 30.3 Å². The van der Waals surface area contributed by atoms with Crippen LogP contribution in [-0.4, -0.2) is 29.7 Å². The van der Waals surface area contributed by atoms with Crippen molar-refractivity contribution in [3.63, 3.8) is 0 Å². The molecule has 17 heavy (non-hydrogen) atoms. The van der Waals surface area contributed by atoms with Gasteiger partial charge >= 0.3 is 0 Å². The summed E-state index contributed by atoms with van der Waals surface area (Å²) in [5.74, 6) is 0.655. The Balaban J connectivity index is 1.87. The summed E-state index contributed by atoms with van der Waals surface area (Å²) in [6, 6.07) is 10.7. The molecule has 0 saturated carbocycles. The van der Waals surface area contributed by atoms with Gasteiger partial charge in [0.05, 0.1) is 11.7 Å². The first kappa shape index (κ1) is 12.4. The van der Waals surface area contributed by atoms with E-state index in [1.807, 2.05) is 0 Å². The van der Waals surface area contributed by atoms with Crippen LogP contribution in [0.1, 0.15) is 18.4 Å². The summed E-state index contributed by atoms with van der Waals surface area (Å²) >= 11 is 4.62. The molecule has 1 aliphatic rings. The average molecular weight is 246 g/mol. The van der Waals surface area contributed by atoms with Crippen molar-refractivity contribution in [2.75, 3.05) is 19.6 Å². The van der Waals surface area contributed by atoms with Crippen molar-refractivity contribution in [2.45, 2.75) is 19.4 Å². The molecule has 0 bridgehead atoms. The lowest BCUT2D eigenvalue weighted by atomic mass is 9.98. The van der Waals surface area contributed by atoms with Crippen molar-refractivity contribution in [1.29, 1.82) is 0 Å². The first-order valence-electron chi connectivity index (χ1n) is 6.18. The summed E-state index contributed by atoms with van der Waals surface area (Å²) in [6.07, 6.45) is 2.54. The van der Waals surface area contributed by atoms with Gasteiger partial charge in [-0.25, -0.2) is 4.99 Å². The lowest BCUT2D eigenvalue weighted by molar-refractivity contribution is 0.171. The molecule has 1 atom stereocenters. The molecule has 1 fully saturated rings. The smallest absolute Gasteiger partial charge is 0.0585 e. The highest BCUT2D eigenvalue weighted by atomic mass is 32.1. The second-order valence-corrected chi connectivity index (χ2v) is 4.84. The molecular weight excluding hydrogens is 228 g/mol. The van der Waals surface area contributed by atoms with E-state index in [0.29, 0.717) is 5.92 Å². The Morgan fingerprint density at radius 1 is 1.35 bits per heavy atom. The minimum Gasteiger partial charge on any atom is -0.299 e. The Morgan fingerprint density at radius 3 is 2.94 bits per heavy atom. The van der Waals surface area contributed by atoms with Crippen molar-refractivity contribution in [2.24, 2.45) is 10.9 Å². The van der Waals surface area contributed by atoms with Crippen molar-refractivity contribution in [3.8, 4) is 0 Å². The van der Waals surface area contributed by atoms with E-state index in [0.717, 1.165) is 19.6 Å². The molecule has 1 aromatic carbocycles. The van der Waals surface area contributed by atoms with Crippen LogP contribution in [0.15, 0.2) is 35.3 Å². The normalized spacial score (nSPS) is 20.8. The Kier molecular flexibility index (Phi) is 4.87. The van der Waals surface area contributed by atoms with Crippen LogP contribution < -0.4 is 0 Å². The van der Waals surface area contributed by atoms with Gasteiger partial charge in [-0.05, 0) is 43.1 Å². The highest BCUT2D eigenvalue weighted by Gasteiger charge is 2.19. The van der Waals surface area contributed by atoms with Gasteiger partial charge < -0.3 is 0 Å². The molecule has 90 valence electrons. The summed E-state index contributed by atoms with van der Waals surface area (Å²) in [6.45, 7) is 4.23. The van der Waals surface area contributed by atoms with E-state index in [2.05, 4.69) is 57.6 Å². The minimum absolute atomic E-state index is 0.655. The van der Waals surface area contributed by atoms with E-state index in [9.17, 15) is 0 Å². The van der Waals surface area contributed by atoms with Gasteiger partial charge in [-0.15, -0.1) is 0 Å². The zero-order chi connectivity index (χ0) is 11.9. The number of thiocarbonyl (C=S) groups is 1. The first-order valence-corrected chi connectivity index (χ1v) is 6.59. The molecule has 0 spiro atoms. The molecule has 3 heteroatoms. The zero-order valence-electron chi connectivity index (χ0n) is 10.0. The number of nitrogens with zero attached hydrogens (tertiary/aromatic N) is 2. The summed E-state index contributed by atoms with van der Waals surface area (Å²) in [4.78, 5) is 6.59. The van der Waals surface area contributed by atoms with Crippen LogP contribution in [0.5, 0.6) is 0 Å². The maximum atomic E-state index is 4.62. The van der Waals surface area contributed by atoms with Gasteiger partial charge in [0.2, 0.25) is 0 Å². The number of isothiocyanates is 1. The van der Waals surface area contributed by atoms with E-state index in [-0.39, 0.29) is 0 Å². The summed E-state index contributed by atoms with van der Waals surface area (Å²) in [7, 11) is 0. The number of benzene rings is 1. The van der Waals surface area contributed by atoms with Gasteiger partial charge in [-0.3, -0.25) is 4.90 Å². The monoisotopic (exact) mass is 246 g/mol. The molecule has 1 unspecified atom stereocenters. The Morgan fingerprint density at radius 2 is 2.18 bits per heavy atom. The molecule has 2 rings (SSSR count). The molecular formula is C14H18N2S. The quantitative estimate of drug-likeness (QED) is 0.599. The maximum absolute atomic E-state index is 4.62. The van der Waals surface area contributed by atoms with Crippen LogP contribution in [0.25, 0.3) is 0 Å². The molecule has 0 radical (unpaired) electrons. The van der Waals surface area contributed by atoms with E-state index in [1.165, 1.54) is 24.9 Å². The largest absolute Gasteiger partial charge is 0.299 e. The van der Waals surface area contributed by atoms with E-state index < -0.39 is 0 Å². The fraction of sp³-hybridized carbons (Fsp3) is 0.500. The topological polar surface area (TPSA) is 15.6 Å². The molecule has 0 amide bonds. The number of rotatable bonds is 4. The average Bonchev–Trinajstić information content (AvgIpc) is 2.38. The van der Waals surface area contributed by atoms with Crippen molar-refractivity contribution in [3.05, 3.63) is 35.9 Å². The highest BCUT2D eigenvalue weighted by molar-refractivity contribution is 7.78. The van der Waals surface area contributed by atoms with E-state index in [1.54, 1.807) is 0 Å². The standard InChI is InChI=1S/C14H18N2S/c17-12-15-9-14-7-4-8-16(11-14)10-13-5-2-1-3-6-13/h1-3,5-6,14H,4,7-11H2. The molecule has 2 nitrogen and oxygen atoms in total. The second kappa shape index (κ2) is 6.65. The first-order chi connectivity index (χ1) is 8.38. The van der Waals surface area contributed by atoms with Gasteiger partial charge in [0.25, 0.3) is 0 Å². The third kappa shape index (κ3) is 4.04. The minimum atomic E-state index is 0.655. The third-order valence-electron chi connectivity index (χ3n) is 3.27. The number of likely N-dealkylation sites (tertiary alicyclic amines) is 1. The molecule has 0 aliphatic carbocycles. The van der Waals surface area contributed by atoms with Crippen molar-refractivity contribution < 1.29 is 0 Å². The molecule has 0 aromatic heterocycles. The molecule has 1 saturated heterocycles. The van der Waals surface area contributed by atoms with E-state index >= 15 is 0 Å². The summed E-state index contributed by atoms with van der Waals surface area (Å²) in [5, 5.41) is 2.47. The van der Waals surface area contributed by atoms with Crippen molar-refractivity contribution >= 4 is 17.4 Å². The Bertz CT molecular complexity index is 384. The molecule has 1 aromatic rings. The van der Waals surface area contributed by atoms with E-state index in [4.69, 9.17) is 0 Å². The van der Waals surface area contributed by atoms with Gasteiger partial charge in [0.15, 0.2) is 0 Å². The van der Waals surface area contributed by atoms with Crippen LogP contribution in [0.4, 0.5) is 0 Å². The second-order valence-electron chi connectivity index (χ2n) is 4.66. The predicted octanol–water partition coefficient (Wildman–Crippen LogP) is 3.00. The van der Waals surface area contributed by atoms with Gasteiger partial charge in [0, 0.05) is 13.1 Å². The van der Waals surface area contributed by atoms with Crippen LogP contribution in [0, 0.1) is 5.92 Å². The third-order valence-corrected chi connectivity index (χ3v) is 3.40. The van der Waals surface area contributed by atoms with Gasteiger partial charge in [0.1, 0.15) is 0 Å². The maximum Gasteiger partial charge on any atom is 0.0585 e. The van der Waals surface area contributed by atoms with Crippen LogP contribution in [0.2, 0.25) is 0 Å². The van der Waals surface area contributed by atoms with Crippen LogP contribution in [0.3, 0.4) is 0 Å². The highest BCUT2D eigenvalue weighted by Crippen LogP contribution is 2.18. The van der Waals surface area contributed by atoms with Crippen molar-refractivity contribution in [1.82, 2.24) is 4.90 Å². The SMILES string of the molecule is S=C=NCC1CCCN(Cc2ccccc2)C1. The van der Waals surface area contributed by atoms with Crippen LogP contribution in [-0.2, 0) is 6.54 Å². The molecule has 0 N–H and O–H groups in total. The Labute approximate surface area is 108 Å². The lowest BCUT2D eigenvalue weighted by Crippen LogP contribution is -2.35.